The maximum Gasteiger partial charge on any atom is 0.293 e. The highest BCUT2D eigenvalue weighted by atomic mass is 16.6. The van der Waals surface area contributed by atoms with Gasteiger partial charge in [-0.05, 0) is 37.7 Å². The van der Waals surface area contributed by atoms with Crippen molar-refractivity contribution in [3.8, 4) is 0 Å². The van der Waals surface area contributed by atoms with Gasteiger partial charge in [-0.3, -0.25) is 14.9 Å². The fourth-order valence-electron chi connectivity index (χ4n) is 5.24. The van der Waals surface area contributed by atoms with Crippen LogP contribution in [0.3, 0.4) is 0 Å². The van der Waals surface area contributed by atoms with Gasteiger partial charge in [0.15, 0.2) is 0 Å². The van der Waals surface area contributed by atoms with Gasteiger partial charge in [0.05, 0.1) is 23.7 Å². The molecule has 1 N–H and O–H groups in total. The van der Waals surface area contributed by atoms with E-state index in [4.69, 9.17) is 4.74 Å². The molecule has 1 aromatic rings. The largest absolute Gasteiger partial charge is 0.378 e. The van der Waals surface area contributed by atoms with Crippen LogP contribution in [0.5, 0.6) is 0 Å². The second-order valence-corrected chi connectivity index (χ2v) is 9.08. The van der Waals surface area contributed by atoms with E-state index in [-0.39, 0.29) is 17.6 Å². The summed E-state index contributed by atoms with van der Waals surface area (Å²) in [5, 5.41) is 14.8. The lowest BCUT2D eigenvalue weighted by molar-refractivity contribution is -0.384. The maximum absolute atomic E-state index is 13.1. The van der Waals surface area contributed by atoms with Gasteiger partial charge in [0, 0.05) is 44.8 Å². The predicted octanol–water partition coefficient (Wildman–Crippen LogP) is 3.21. The first-order valence-electron chi connectivity index (χ1n) is 11.7. The van der Waals surface area contributed by atoms with Crippen LogP contribution in [-0.4, -0.2) is 67.7 Å². The third kappa shape index (κ3) is 5.54. The number of hydrogen-bond donors (Lipinski definition) is 1. The number of nitrogens with zero attached hydrogens (tertiary/aromatic N) is 3. The highest BCUT2D eigenvalue weighted by Crippen LogP contribution is 2.33. The van der Waals surface area contributed by atoms with E-state index in [2.05, 4.69) is 10.2 Å². The fraction of sp³-hybridized carbons (Fsp3) is 0.696. The predicted molar refractivity (Wildman–Crippen MR) is 120 cm³/mol. The fourth-order valence-corrected chi connectivity index (χ4v) is 5.24. The molecule has 8 heteroatoms. The van der Waals surface area contributed by atoms with Crippen molar-refractivity contribution in [2.45, 2.75) is 51.0 Å². The van der Waals surface area contributed by atoms with E-state index in [0.29, 0.717) is 37.6 Å². The van der Waals surface area contributed by atoms with Crippen LogP contribution in [0, 0.1) is 16.0 Å². The van der Waals surface area contributed by atoms with Crippen LogP contribution in [0.25, 0.3) is 0 Å². The number of benzene rings is 1. The summed E-state index contributed by atoms with van der Waals surface area (Å²) < 4.78 is 5.39. The van der Waals surface area contributed by atoms with Crippen LogP contribution in [0.2, 0.25) is 0 Å². The first kappa shape index (κ1) is 22.0. The van der Waals surface area contributed by atoms with Crippen LogP contribution in [0.15, 0.2) is 18.2 Å². The van der Waals surface area contributed by atoms with Crippen LogP contribution >= 0.6 is 0 Å². The van der Waals surface area contributed by atoms with Gasteiger partial charge >= 0.3 is 0 Å². The van der Waals surface area contributed by atoms with Gasteiger partial charge < -0.3 is 19.9 Å². The number of amides is 1. The van der Waals surface area contributed by atoms with E-state index >= 15 is 0 Å². The Morgan fingerprint density at radius 1 is 1.06 bits per heavy atom. The Kier molecular flexibility index (Phi) is 7.40. The van der Waals surface area contributed by atoms with Crippen molar-refractivity contribution in [1.82, 2.24) is 10.2 Å². The number of nitro benzene ring substituents is 1. The van der Waals surface area contributed by atoms with E-state index in [9.17, 15) is 14.9 Å². The summed E-state index contributed by atoms with van der Waals surface area (Å²) in [6.45, 7) is 5.31. The van der Waals surface area contributed by atoms with Gasteiger partial charge in [-0.25, -0.2) is 0 Å². The molecule has 0 atom stereocenters. The third-order valence-electron chi connectivity index (χ3n) is 6.95. The molecule has 0 radical (unpaired) electrons. The molecule has 3 fully saturated rings. The van der Waals surface area contributed by atoms with Gasteiger partial charge in [0.25, 0.3) is 11.6 Å². The third-order valence-corrected chi connectivity index (χ3v) is 6.95. The standard InChI is InChI=1S/C23H34N4O4/c28-23(24-19-9-11-25(12-10-19)17-18-5-2-1-3-6-18)20-7-4-8-21(27(29)30)22(20)26-13-15-31-16-14-26/h4,7-8,18-19H,1-3,5-6,9-17H2,(H,24,28). The van der Waals surface area contributed by atoms with Crippen molar-refractivity contribution >= 4 is 17.3 Å². The molecule has 2 heterocycles. The number of likely N-dealkylation sites (tertiary alicyclic amines) is 1. The minimum Gasteiger partial charge on any atom is -0.378 e. The molecule has 3 aliphatic rings. The molecule has 2 aliphatic heterocycles. The molecular weight excluding hydrogens is 396 g/mol. The van der Waals surface area contributed by atoms with E-state index in [1.165, 1.54) is 44.7 Å². The summed E-state index contributed by atoms with van der Waals surface area (Å²) >= 11 is 0. The van der Waals surface area contributed by atoms with Gasteiger partial charge in [-0.2, -0.15) is 0 Å². The smallest absolute Gasteiger partial charge is 0.293 e. The number of ether oxygens (including phenoxy) is 1. The number of carbonyl (C=O) groups is 1. The highest BCUT2D eigenvalue weighted by Gasteiger charge is 2.29. The Balaban J connectivity index is 1.38. The van der Waals surface area contributed by atoms with Crippen molar-refractivity contribution in [1.29, 1.82) is 0 Å². The minimum atomic E-state index is -0.397. The van der Waals surface area contributed by atoms with Crippen LogP contribution in [0.1, 0.15) is 55.3 Å². The summed E-state index contributed by atoms with van der Waals surface area (Å²) in [5.74, 6) is 0.622. The Hall–Kier alpha value is -2.19. The molecule has 170 valence electrons. The molecule has 0 unspecified atom stereocenters. The van der Waals surface area contributed by atoms with Gasteiger partial charge in [0.1, 0.15) is 5.69 Å². The zero-order valence-corrected chi connectivity index (χ0v) is 18.3. The minimum absolute atomic E-state index is 0.0168. The number of nitrogens with one attached hydrogen (secondary N) is 1. The van der Waals surface area contributed by atoms with E-state index in [0.717, 1.165) is 31.8 Å². The second kappa shape index (κ2) is 10.4. The molecule has 8 nitrogen and oxygen atoms in total. The van der Waals surface area contributed by atoms with Crippen LogP contribution < -0.4 is 10.2 Å². The number of piperidine rings is 1. The zero-order valence-electron chi connectivity index (χ0n) is 18.3. The first-order valence-corrected chi connectivity index (χ1v) is 11.7. The van der Waals surface area contributed by atoms with Crippen molar-refractivity contribution in [3.05, 3.63) is 33.9 Å². The van der Waals surface area contributed by atoms with E-state index < -0.39 is 4.92 Å². The van der Waals surface area contributed by atoms with Crippen LogP contribution in [-0.2, 0) is 4.74 Å². The van der Waals surface area contributed by atoms with E-state index in [1.807, 2.05) is 4.90 Å². The first-order chi connectivity index (χ1) is 15.1. The quantitative estimate of drug-likeness (QED) is 0.551. The number of carbonyl (C=O) groups excluding carboxylic acids is 1. The van der Waals surface area contributed by atoms with Crippen LogP contribution in [0.4, 0.5) is 11.4 Å². The summed E-state index contributed by atoms with van der Waals surface area (Å²) in [7, 11) is 0. The van der Waals surface area contributed by atoms with Crippen molar-refractivity contribution in [2.24, 2.45) is 5.92 Å². The Morgan fingerprint density at radius 3 is 2.45 bits per heavy atom. The lowest BCUT2D eigenvalue weighted by atomic mass is 9.88. The molecule has 4 rings (SSSR count). The molecule has 0 spiro atoms. The Morgan fingerprint density at radius 2 is 1.77 bits per heavy atom. The molecule has 0 aromatic heterocycles. The van der Waals surface area contributed by atoms with Crippen molar-refractivity contribution in [3.63, 3.8) is 0 Å². The molecule has 2 saturated heterocycles. The van der Waals surface area contributed by atoms with Gasteiger partial charge in [-0.15, -0.1) is 0 Å². The Labute approximate surface area is 184 Å². The molecule has 1 amide bonds. The molecular formula is C23H34N4O4. The molecule has 0 bridgehead atoms. The summed E-state index contributed by atoms with van der Waals surface area (Å²) in [5.41, 5.74) is 0.792. The average Bonchev–Trinajstić information content (AvgIpc) is 2.81. The number of hydrogen-bond acceptors (Lipinski definition) is 6. The lowest BCUT2D eigenvalue weighted by Crippen LogP contribution is -2.46. The summed E-state index contributed by atoms with van der Waals surface area (Å²) in [6.07, 6.45) is 8.69. The number of para-hydroxylation sites is 1. The lowest BCUT2D eigenvalue weighted by Gasteiger charge is -2.36. The topological polar surface area (TPSA) is 88.0 Å². The van der Waals surface area contributed by atoms with Crippen molar-refractivity contribution < 1.29 is 14.5 Å². The molecule has 1 aromatic carbocycles. The number of rotatable bonds is 6. The summed E-state index contributed by atoms with van der Waals surface area (Å²) in [6, 6.07) is 4.90. The SMILES string of the molecule is O=C(NC1CCN(CC2CCCCC2)CC1)c1cccc([N+](=O)[O-])c1N1CCOCC1. The number of morpholine rings is 1. The second-order valence-electron chi connectivity index (χ2n) is 9.08. The zero-order chi connectivity index (χ0) is 21.6. The molecule has 1 saturated carbocycles. The van der Waals surface area contributed by atoms with Crippen molar-refractivity contribution in [2.75, 3.05) is 50.8 Å². The number of anilines is 1. The highest BCUT2D eigenvalue weighted by molar-refractivity contribution is 6.02. The Bertz CT molecular complexity index is 767. The monoisotopic (exact) mass is 430 g/mol. The average molecular weight is 431 g/mol. The molecule has 31 heavy (non-hydrogen) atoms. The molecule has 1 aliphatic carbocycles. The maximum atomic E-state index is 13.1. The number of nitro groups is 1. The summed E-state index contributed by atoms with van der Waals surface area (Å²) in [4.78, 5) is 28.8. The van der Waals surface area contributed by atoms with Gasteiger partial charge in [-0.1, -0.05) is 25.3 Å². The van der Waals surface area contributed by atoms with Gasteiger partial charge in [0.2, 0.25) is 0 Å². The normalized spacial score (nSPS) is 21.7. The van der Waals surface area contributed by atoms with E-state index in [1.54, 1.807) is 12.1 Å².